The van der Waals surface area contributed by atoms with E-state index in [9.17, 15) is 0 Å². The standard InChI is InChI=1S/C7H19OSi2/c1-6-7(9-2)8-10(3,4)5/h6,9H2,1-5H3. The Hall–Kier alpha value is 0.394. The smallest absolute Gasteiger partial charge is 0.184 e. The van der Waals surface area contributed by atoms with Gasteiger partial charge in [-0.15, -0.1) is 0 Å². The molecule has 0 atom stereocenters. The summed E-state index contributed by atoms with van der Waals surface area (Å²) in [6, 6.07) is 0. The third-order valence-electron chi connectivity index (χ3n) is 1.24. The Morgan fingerprint density at radius 3 is 2.00 bits per heavy atom. The molecule has 61 valence electrons. The maximum Gasteiger partial charge on any atom is 0.184 e. The SMILES string of the molecule is CC[C](O[Si](C)(C)C)[SiH2]C. The highest BCUT2D eigenvalue weighted by atomic mass is 28.4. The van der Waals surface area contributed by atoms with Gasteiger partial charge >= 0.3 is 0 Å². The van der Waals surface area contributed by atoms with E-state index < -0.39 is 8.32 Å². The number of hydrogen-bond acceptors (Lipinski definition) is 1. The Kier molecular flexibility index (Phi) is 4.48. The summed E-state index contributed by atoms with van der Waals surface area (Å²) in [4.78, 5) is 0. The largest absolute Gasteiger partial charge is 0.413 e. The molecule has 0 aromatic rings. The van der Waals surface area contributed by atoms with Crippen molar-refractivity contribution < 1.29 is 4.43 Å². The van der Waals surface area contributed by atoms with Gasteiger partial charge in [0.15, 0.2) is 8.32 Å². The van der Waals surface area contributed by atoms with Crippen LogP contribution in [0.3, 0.4) is 0 Å². The van der Waals surface area contributed by atoms with E-state index in [0.29, 0.717) is 0 Å². The van der Waals surface area contributed by atoms with Crippen molar-refractivity contribution in [3.8, 4) is 0 Å². The van der Waals surface area contributed by atoms with Crippen LogP contribution in [0.25, 0.3) is 0 Å². The van der Waals surface area contributed by atoms with Gasteiger partial charge in [0.2, 0.25) is 0 Å². The molecule has 0 saturated heterocycles. The molecule has 0 aromatic carbocycles. The molecule has 0 heterocycles. The zero-order chi connectivity index (χ0) is 8.20. The van der Waals surface area contributed by atoms with Crippen LogP contribution in [-0.4, -0.2) is 17.8 Å². The topological polar surface area (TPSA) is 9.23 Å². The molecule has 0 amide bonds. The minimum absolute atomic E-state index is 0.0227. The van der Waals surface area contributed by atoms with Crippen molar-refractivity contribution in [3.05, 3.63) is 5.73 Å². The van der Waals surface area contributed by atoms with Crippen LogP contribution < -0.4 is 0 Å². The lowest BCUT2D eigenvalue weighted by Gasteiger charge is -2.23. The van der Waals surface area contributed by atoms with Gasteiger partial charge in [-0.1, -0.05) is 13.5 Å². The Morgan fingerprint density at radius 2 is 1.90 bits per heavy atom. The van der Waals surface area contributed by atoms with Crippen molar-refractivity contribution in [2.75, 3.05) is 0 Å². The zero-order valence-electron chi connectivity index (χ0n) is 7.82. The second-order valence-electron chi connectivity index (χ2n) is 3.46. The first kappa shape index (κ1) is 10.4. The molecule has 0 spiro atoms. The van der Waals surface area contributed by atoms with Gasteiger partial charge in [0.25, 0.3) is 0 Å². The normalized spacial score (nSPS) is 13.8. The predicted molar refractivity (Wildman–Crippen MR) is 52.4 cm³/mol. The minimum Gasteiger partial charge on any atom is -0.413 e. The summed E-state index contributed by atoms with van der Waals surface area (Å²) in [5, 5.41) is 0. The summed E-state index contributed by atoms with van der Waals surface area (Å²) in [5.74, 6) is 0. The van der Waals surface area contributed by atoms with Crippen molar-refractivity contribution in [1.29, 1.82) is 0 Å². The zero-order valence-corrected chi connectivity index (χ0v) is 10.2. The summed E-state index contributed by atoms with van der Waals surface area (Å²) in [5.41, 5.74) is 1.40. The van der Waals surface area contributed by atoms with Crippen molar-refractivity contribution >= 4 is 17.8 Å². The van der Waals surface area contributed by atoms with Crippen LogP contribution >= 0.6 is 0 Å². The monoisotopic (exact) mass is 175 g/mol. The molecule has 0 saturated carbocycles. The molecule has 0 N–H and O–H groups in total. The first-order valence-corrected chi connectivity index (χ1v) is 9.56. The molecule has 1 radical (unpaired) electrons. The highest BCUT2D eigenvalue weighted by Gasteiger charge is 2.18. The molecule has 0 rings (SSSR count). The van der Waals surface area contributed by atoms with E-state index in [4.69, 9.17) is 4.43 Å². The van der Waals surface area contributed by atoms with Crippen molar-refractivity contribution in [1.82, 2.24) is 0 Å². The van der Waals surface area contributed by atoms with Gasteiger partial charge in [-0.25, -0.2) is 0 Å². The molecule has 0 unspecified atom stereocenters. The fourth-order valence-electron chi connectivity index (χ4n) is 0.827. The highest BCUT2D eigenvalue weighted by Crippen LogP contribution is 2.14. The molecule has 0 bridgehead atoms. The Morgan fingerprint density at radius 1 is 1.40 bits per heavy atom. The predicted octanol–water partition coefficient (Wildman–Crippen LogP) is 1.95. The van der Waals surface area contributed by atoms with E-state index >= 15 is 0 Å². The molecular weight excluding hydrogens is 156 g/mol. The third-order valence-corrected chi connectivity index (χ3v) is 3.86. The van der Waals surface area contributed by atoms with Crippen LogP contribution in [0.2, 0.25) is 26.2 Å². The quantitative estimate of drug-likeness (QED) is 0.594. The lowest BCUT2D eigenvalue weighted by atomic mass is 10.5. The third kappa shape index (κ3) is 5.20. The summed E-state index contributed by atoms with van der Waals surface area (Å²) in [7, 11) is -1.29. The summed E-state index contributed by atoms with van der Waals surface area (Å²) in [6.45, 7) is 11.2. The first-order valence-electron chi connectivity index (χ1n) is 4.03. The Bertz CT molecular complexity index is 84.1. The van der Waals surface area contributed by atoms with E-state index in [1.54, 1.807) is 0 Å². The van der Waals surface area contributed by atoms with Gasteiger partial charge in [-0.2, -0.15) is 0 Å². The average molecular weight is 175 g/mol. The van der Waals surface area contributed by atoms with Gasteiger partial charge in [-0.05, 0) is 26.1 Å². The highest BCUT2D eigenvalue weighted by molar-refractivity contribution is 6.70. The molecular formula is C7H19OSi2. The molecule has 0 aliphatic carbocycles. The van der Waals surface area contributed by atoms with Gasteiger partial charge in [0.05, 0.1) is 15.2 Å². The van der Waals surface area contributed by atoms with E-state index in [2.05, 4.69) is 33.1 Å². The van der Waals surface area contributed by atoms with Crippen LogP contribution in [-0.2, 0) is 4.43 Å². The van der Waals surface area contributed by atoms with E-state index in [1.165, 1.54) is 5.73 Å². The molecule has 0 aromatic heterocycles. The maximum absolute atomic E-state index is 5.85. The summed E-state index contributed by atoms with van der Waals surface area (Å²) < 4.78 is 5.85. The van der Waals surface area contributed by atoms with Crippen molar-refractivity contribution in [3.63, 3.8) is 0 Å². The molecule has 3 heteroatoms. The van der Waals surface area contributed by atoms with Crippen LogP contribution in [0.4, 0.5) is 0 Å². The fourth-order valence-corrected chi connectivity index (χ4v) is 4.21. The number of rotatable bonds is 4. The van der Waals surface area contributed by atoms with Gasteiger partial charge < -0.3 is 4.43 Å². The number of hydrogen-bond donors (Lipinski definition) is 0. The van der Waals surface area contributed by atoms with Crippen LogP contribution in [0.15, 0.2) is 0 Å². The van der Waals surface area contributed by atoms with E-state index in [0.717, 1.165) is 6.42 Å². The maximum atomic E-state index is 5.85. The van der Waals surface area contributed by atoms with Crippen molar-refractivity contribution in [2.45, 2.75) is 39.5 Å². The second kappa shape index (κ2) is 4.31. The lowest BCUT2D eigenvalue weighted by Crippen LogP contribution is -2.29. The molecule has 10 heavy (non-hydrogen) atoms. The molecule has 0 fully saturated rings. The second-order valence-corrected chi connectivity index (χ2v) is 9.38. The summed E-state index contributed by atoms with van der Waals surface area (Å²) >= 11 is 0. The Balaban J connectivity index is 3.63. The van der Waals surface area contributed by atoms with Crippen molar-refractivity contribution in [2.24, 2.45) is 0 Å². The average Bonchev–Trinajstić information content (AvgIpc) is 1.81. The van der Waals surface area contributed by atoms with Crippen LogP contribution in [0.5, 0.6) is 0 Å². The lowest BCUT2D eigenvalue weighted by molar-refractivity contribution is 0.362. The first-order chi connectivity index (χ1) is 4.49. The molecule has 0 aliphatic rings. The van der Waals surface area contributed by atoms with Gasteiger partial charge in [0, 0.05) is 0 Å². The van der Waals surface area contributed by atoms with Gasteiger partial charge in [0.1, 0.15) is 0 Å². The Labute approximate surface area is 68.1 Å². The van der Waals surface area contributed by atoms with Gasteiger partial charge in [-0.3, -0.25) is 0 Å². The molecule has 0 aliphatic heterocycles. The van der Waals surface area contributed by atoms with E-state index in [-0.39, 0.29) is 9.52 Å². The fraction of sp³-hybridized carbons (Fsp3) is 0.857. The van der Waals surface area contributed by atoms with Crippen LogP contribution in [0.1, 0.15) is 13.3 Å². The minimum atomic E-state index is -1.26. The molecule has 1 nitrogen and oxygen atoms in total. The van der Waals surface area contributed by atoms with E-state index in [1.807, 2.05) is 0 Å². The van der Waals surface area contributed by atoms with Crippen LogP contribution in [0, 0.1) is 5.73 Å². The summed E-state index contributed by atoms with van der Waals surface area (Å²) in [6.07, 6.45) is 1.13.